The summed E-state index contributed by atoms with van der Waals surface area (Å²) in [5.41, 5.74) is 36.8. The van der Waals surface area contributed by atoms with E-state index >= 15 is 0 Å². The van der Waals surface area contributed by atoms with Crippen LogP contribution in [-0.2, 0) is 65.0 Å². The Labute approximate surface area is 656 Å². The highest BCUT2D eigenvalue weighted by molar-refractivity contribution is 7.03. The number of anilines is 12. The molecule has 566 valence electrons. The molecule has 0 bridgehead atoms. The van der Waals surface area contributed by atoms with E-state index in [0.29, 0.717) is 0 Å². The monoisotopic (exact) mass is 1440 g/mol. The zero-order chi connectivity index (χ0) is 79.8. The van der Waals surface area contributed by atoms with Gasteiger partial charge in [0, 0.05) is 68.2 Å². The fraction of sp³-hybridized carbons (Fsp3) is 0.471. The van der Waals surface area contributed by atoms with Crippen molar-refractivity contribution in [2.75, 3.05) is 19.6 Å². The average molecular weight is 1440 g/mol. The summed E-state index contributed by atoms with van der Waals surface area (Å²) in [6.07, 6.45) is 0. The molecule has 0 unspecified atom stereocenters. The second kappa shape index (κ2) is 24.9. The number of nitrogens with zero attached hydrogens (tertiary/aromatic N) is 4. The molecule has 0 atom stereocenters. The van der Waals surface area contributed by atoms with Crippen LogP contribution in [0.5, 0.6) is 0 Å². The van der Waals surface area contributed by atoms with E-state index in [1.807, 2.05) is 0 Å². The summed E-state index contributed by atoms with van der Waals surface area (Å²) in [5.74, 6) is 0. The summed E-state index contributed by atoms with van der Waals surface area (Å²) < 4.78 is 0. The smallest absolute Gasteiger partial charge is 0.252 e. The van der Waals surface area contributed by atoms with Crippen LogP contribution < -0.4 is 52.4 Å². The third-order valence-corrected chi connectivity index (χ3v) is 24.4. The summed E-state index contributed by atoms with van der Waals surface area (Å²) in [6.45, 7) is 86.1. The van der Waals surface area contributed by atoms with Gasteiger partial charge in [-0.2, -0.15) is 0 Å². The summed E-state index contributed by atoms with van der Waals surface area (Å²) in [7, 11) is 0. The predicted octanol–water partition coefficient (Wildman–Crippen LogP) is 25.4. The molecule has 4 aliphatic heterocycles. The predicted molar refractivity (Wildman–Crippen MR) is 479 cm³/mol. The molecule has 13 rings (SSSR count). The van der Waals surface area contributed by atoms with Gasteiger partial charge >= 0.3 is 0 Å². The summed E-state index contributed by atoms with van der Waals surface area (Å²) in [5, 5.41) is 0. The van der Waals surface area contributed by atoms with Gasteiger partial charge in [0.2, 0.25) is 0 Å². The van der Waals surface area contributed by atoms with Gasteiger partial charge in [0.25, 0.3) is 13.4 Å². The number of benzene rings is 9. The highest BCUT2D eigenvalue weighted by atomic mass is 15.2. The summed E-state index contributed by atoms with van der Waals surface area (Å²) in [4.78, 5) is 11.0. The highest BCUT2D eigenvalue weighted by Crippen LogP contribution is 2.54. The minimum atomic E-state index is -0.237. The van der Waals surface area contributed by atoms with Crippen molar-refractivity contribution < 1.29 is 0 Å². The van der Waals surface area contributed by atoms with Crippen LogP contribution in [0.2, 0.25) is 0 Å². The lowest BCUT2D eigenvalue weighted by molar-refractivity contribution is 0.568. The van der Waals surface area contributed by atoms with Gasteiger partial charge in [0.15, 0.2) is 0 Å². The molecule has 108 heavy (non-hydrogen) atoms. The van der Waals surface area contributed by atoms with Crippen molar-refractivity contribution in [2.24, 2.45) is 0 Å². The van der Waals surface area contributed by atoms with Crippen molar-refractivity contribution in [1.82, 2.24) is 0 Å². The lowest BCUT2D eigenvalue weighted by atomic mass is 9.30. The summed E-state index contributed by atoms with van der Waals surface area (Å²) in [6, 6.07) is 61.7. The molecule has 4 nitrogen and oxygen atoms in total. The Balaban J connectivity index is 1.28. The molecule has 6 heteroatoms. The second-order valence-corrected chi connectivity index (χ2v) is 45.7. The van der Waals surface area contributed by atoms with Crippen molar-refractivity contribution in [2.45, 2.75) is 314 Å². The molecule has 0 amide bonds. The zero-order valence-electron chi connectivity index (χ0n) is 73.8. The maximum Gasteiger partial charge on any atom is 0.252 e. The van der Waals surface area contributed by atoms with Crippen LogP contribution in [0.25, 0.3) is 0 Å². The van der Waals surface area contributed by atoms with Crippen molar-refractivity contribution in [1.29, 1.82) is 0 Å². The van der Waals surface area contributed by atoms with Crippen molar-refractivity contribution >= 4 is 114 Å². The normalized spacial score (nSPS) is 15.1. The largest absolute Gasteiger partial charge is 0.311 e. The van der Waals surface area contributed by atoms with Crippen LogP contribution in [0.4, 0.5) is 68.2 Å². The fourth-order valence-corrected chi connectivity index (χ4v) is 16.8. The Morgan fingerprint density at radius 1 is 0.157 bits per heavy atom. The molecule has 4 heterocycles. The lowest BCUT2D eigenvalue weighted by Gasteiger charge is -2.48. The number of hydrogen-bond donors (Lipinski definition) is 0. The van der Waals surface area contributed by atoms with Crippen LogP contribution in [0.1, 0.15) is 316 Å². The van der Waals surface area contributed by atoms with E-state index in [9.17, 15) is 0 Å². The first kappa shape index (κ1) is 78.4. The zero-order valence-corrected chi connectivity index (χ0v) is 73.8. The van der Waals surface area contributed by atoms with Gasteiger partial charge < -0.3 is 19.6 Å². The van der Waals surface area contributed by atoms with E-state index in [-0.39, 0.29) is 78.4 Å². The van der Waals surface area contributed by atoms with Gasteiger partial charge in [0.05, 0.1) is 0 Å². The molecule has 9 aromatic carbocycles. The van der Waals surface area contributed by atoms with E-state index in [2.05, 4.69) is 414 Å². The molecule has 0 saturated heterocycles. The number of rotatable bonds is 4. The van der Waals surface area contributed by atoms with Crippen molar-refractivity contribution in [3.63, 3.8) is 0 Å². The minimum absolute atomic E-state index is 0.118. The maximum absolute atomic E-state index is 2.79. The molecule has 9 aromatic rings. The Hall–Kier alpha value is -7.69. The molecule has 4 aliphatic rings. The van der Waals surface area contributed by atoms with Gasteiger partial charge in [0.1, 0.15) is 0 Å². The van der Waals surface area contributed by atoms with Crippen LogP contribution in [0, 0.1) is 0 Å². The van der Waals surface area contributed by atoms with Crippen LogP contribution in [0.15, 0.2) is 146 Å². The Kier molecular flexibility index (Phi) is 18.1. The Bertz CT molecular complexity index is 4670. The molecule has 0 fully saturated rings. The van der Waals surface area contributed by atoms with Gasteiger partial charge in [-0.15, -0.1) is 0 Å². The molecular formula is C102H132B2N4. The van der Waals surface area contributed by atoms with E-state index in [4.69, 9.17) is 0 Å². The molecular weight excluding hydrogens is 1300 g/mol. The Morgan fingerprint density at radius 2 is 0.324 bits per heavy atom. The van der Waals surface area contributed by atoms with Crippen molar-refractivity contribution in [3.05, 3.63) is 212 Å². The molecule has 0 spiro atoms. The fourth-order valence-electron chi connectivity index (χ4n) is 16.8. The third kappa shape index (κ3) is 14.0. The van der Waals surface area contributed by atoms with Gasteiger partial charge in [-0.3, -0.25) is 0 Å². The first-order valence-electron chi connectivity index (χ1n) is 40.8. The Morgan fingerprint density at radius 3 is 0.509 bits per heavy atom. The quantitative estimate of drug-likeness (QED) is 0.163. The number of hydrogen-bond acceptors (Lipinski definition) is 4. The van der Waals surface area contributed by atoms with Gasteiger partial charge in [-0.1, -0.05) is 304 Å². The minimum Gasteiger partial charge on any atom is -0.311 e. The first-order chi connectivity index (χ1) is 49.1. The molecule has 0 N–H and O–H groups in total. The van der Waals surface area contributed by atoms with Crippen molar-refractivity contribution in [3.8, 4) is 0 Å². The van der Waals surface area contributed by atoms with Crippen LogP contribution >= 0.6 is 0 Å². The van der Waals surface area contributed by atoms with Crippen LogP contribution in [0.3, 0.4) is 0 Å². The first-order valence-corrected chi connectivity index (χ1v) is 40.8. The van der Waals surface area contributed by atoms with Gasteiger partial charge in [-0.25, -0.2) is 0 Å². The molecule has 0 aliphatic carbocycles. The standard InChI is InChI=1S/C102H132B2N4/c1-91(2,3)61-37-39-77-81(53-61)105(73-45-63(93(7,8)9)41-64(46-73)94(10,11)12)85-55-71(101(31,32)33)57-87-89(85)103(77)79-59-80-84(60-83(79)107(87)75-49-67(97(19,20)21)43-68(50-75)98(22,23)24)108(76-51-69(99(25,26)27)44-70(52-76)100(28,29)30)88-58-72(102(34,35)36)56-86-90(88)104(80)78-40-38-62(92(4,5)6)54-82(78)106(86)74-47-65(95(13,14)15)42-66(48-74)96(16,17)18/h37-60H,1-36H3. The van der Waals surface area contributed by atoms with Gasteiger partial charge in [-0.05, 0) is 256 Å². The average Bonchev–Trinajstić information content (AvgIpc) is 0.679. The van der Waals surface area contributed by atoms with E-state index in [1.54, 1.807) is 0 Å². The maximum atomic E-state index is 2.79. The van der Waals surface area contributed by atoms with Crippen LogP contribution in [-0.4, -0.2) is 13.4 Å². The molecule has 0 saturated carbocycles. The molecule has 0 aromatic heterocycles. The second-order valence-electron chi connectivity index (χ2n) is 45.7. The summed E-state index contributed by atoms with van der Waals surface area (Å²) >= 11 is 0. The molecule has 0 radical (unpaired) electrons. The SMILES string of the molecule is CC(C)(C)c1cc(N2c3cc(C(C)(C)C)ccc3B3c4cc5c(cc4N(c4cc(C(C)(C)C)cc(C(C)(C)C)c4)c4cc(C(C)(C)C)cc2c43)N(c2cc(C(C)(C)C)cc(C(C)(C)C)c2)c2cc(C(C)(C)C)cc3c2B5c2ccc(C(C)(C)C)cc2N3c2cc(C(C)(C)C)cc(C(C)(C)C)c2)cc(C(C)(C)C)c1. The topological polar surface area (TPSA) is 13.0 Å². The van der Waals surface area contributed by atoms with E-state index < -0.39 is 0 Å². The third-order valence-electron chi connectivity index (χ3n) is 24.4. The lowest BCUT2D eigenvalue weighted by Crippen LogP contribution is -2.65. The number of fused-ring (bicyclic) bond motifs is 8. The van der Waals surface area contributed by atoms with E-state index in [0.717, 1.165) is 0 Å². The van der Waals surface area contributed by atoms with E-state index in [1.165, 1.54) is 168 Å². The highest BCUT2D eigenvalue weighted by Gasteiger charge is 2.51.